The summed E-state index contributed by atoms with van der Waals surface area (Å²) < 4.78 is 11.2. The van der Waals surface area contributed by atoms with Crippen molar-refractivity contribution in [2.75, 3.05) is 46.5 Å². The first-order valence-corrected chi connectivity index (χ1v) is 10.7. The van der Waals surface area contributed by atoms with E-state index in [0.29, 0.717) is 6.61 Å². The van der Waals surface area contributed by atoms with Crippen LogP contribution in [0.15, 0.2) is 29.3 Å². The van der Waals surface area contributed by atoms with Crippen molar-refractivity contribution in [3.05, 3.63) is 29.8 Å². The molecule has 1 aromatic rings. The Bertz CT molecular complexity index is 629. The Hall–Kier alpha value is -1.06. The molecular formula is C22H37IN4O2. The van der Waals surface area contributed by atoms with Crippen molar-refractivity contribution in [2.45, 2.75) is 51.1 Å². The summed E-state index contributed by atoms with van der Waals surface area (Å²) in [6, 6.07) is 8.22. The molecule has 6 nitrogen and oxygen atoms in total. The van der Waals surface area contributed by atoms with Gasteiger partial charge in [-0.3, -0.25) is 9.89 Å². The summed E-state index contributed by atoms with van der Waals surface area (Å²) >= 11 is 0. The van der Waals surface area contributed by atoms with Crippen molar-refractivity contribution in [3.8, 4) is 5.75 Å². The molecule has 0 radical (unpaired) electrons. The van der Waals surface area contributed by atoms with Gasteiger partial charge in [0.25, 0.3) is 0 Å². The number of morpholine rings is 1. The zero-order chi connectivity index (χ0) is 19.7. The Morgan fingerprint density at radius 2 is 1.93 bits per heavy atom. The Morgan fingerprint density at radius 1 is 1.17 bits per heavy atom. The summed E-state index contributed by atoms with van der Waals surface area (Å²) in [5.74, 6) is 1.78. The molecule has 1 aliphatic heterocycles. The monoisotopic (exact) mass is 516 g/mol. The molecule has 0 amide bonds. The van der Waals surface area contributed by atoms with Crippen LogP contribution in [0.25, 0.3) is 0 Å². The SMILES string of the molecule is CCOc1cccc(CNC(=NC)NCC2(N3CCOCC3)CCCCC2)c1.I. The molecule has 164 valence electrons. The summed E-state index contributed by atoms with van der Waals surface area (Å²) in [5.41, 5.74) is 1.42. The van der Waals surface area contributed by atoms with Crippen molar-refractivity contribution in [2.24, 2.45) is 4.99 Å². The summed E-state index contributed by atoms with van der Waals surface area (Å²) in [5, 5.41) is 7.07. The van der Waals surface area contributed by atoms with Gasteiger partial charge in [-0.1, -0.05) is 31.4 Å². The molecule has 1 saturated carbocycles. The van der Waals surface area contributed by atoms with Gasteiger partial charge in [-0.25, -0.2) is 0 Å². The molecule has 3 rings (SSSR count). The summed E-state index contributed by atoms with van der Waals surface area (Å²) in [6.07, 6.45) is 6.50. The molecular weight excluding hydrogens is 479 g/mol. The van der Waals surface area contributed by atoms with Crippen molar-refractivity contribution >= 4 is 29.9 Å². The Kier molecular flexibility index (Phi) is 10.5. The van der Waals surface area contributed by atoms with Crippen LogP contribution in [-0.2, 0) is 11.3 Å². The van der Waals surface area contributed by atoms with E-state index in [1.54, 1.807) is 0 Å². The highest BCUT2D eigenvalue weighted by Gasteiger charge is 2.38. The Balaban J connectivity index is 0.00000300. The predicted molar refractivity (Wildman–Crippen MR) is 129 cm³/mol. The highest BCUT2D eigenvalue weighted by atomic mass is 127. The van der Waals surface area contributed by atoms with E-state index < -0.39 is 0 Å². The van der Waals surface area contributed by atoms with Gasteiger partial charge in [-0.05, 0) is 37.5 Å². The van der Waals surface area contributed by atoms with Crippen molar-refractivity contribution < 1.29 is 9.47 Å². The van der Waals surface area contributed by atoms with Crippen molar-refractivity contribution in [1.29, 1.82) is 0 Å². The van der Waals surface area contributed by atoms with Crippen LogP contribution in [-0.4, -0.2) is 62.9 Å². The van der Waals surface area contributed by atoms with E-state index in [4.69, 9.17) is 9.47 Å². The fraction of sp³-hybridized carbons (Fsp3) is 0.682. The van der Waals surface area contributed by atoms with Crippen LogP contribution >= 0.6 is 24.0 Å². The van der Waals surface area contributed by atoms with Crippen LogP contribution in [0.2, 0.25) is 0 Å². The zero-order valence-corrected chi connectivity index (χ0v) is 20.2. The number of nitrogens with zero attached hydrogens (tertiary/aromatic N) is 2. The normalized spacial score (nSPS) is 19.9. The second kappa shape index (κ2) is 12.6. The van der Waals surface area contributed by atoms with Crippen LogP contribution in [0.3, 0.4) is 0 Å². The van der Waals surface area contributed by atoms with E-state index in [-0.39, 0.29) is 29.5 Å². The van der Waals surface area contributed by atoms with E-state index in [0.717, 1.165) is 51.1 Å². The minimum Gasteiger partial charge on any atom is -0.494 e. The number of guanidine groups is 1. The zero-order valence-electron chi connectivity index (χ0n) is 17.9. The first-order valence-electron chi connectivity index (χ1n) is 10.7. The van der Waals surface area contributed by atoms with Gasteiger partial charge in [-0.15, -0.1) is 24.0 Å². The van der Waals surface area contributed by atoms with Crippen LogP contribution in [0.5, 0.6) is 5.75 Å². The molecule has 0 aromatic heterocycles. The lowest BCUT2D eigenvalue weighted by atomic mass is 9.80. The van der Waals surface area contributed by atoms with E-state index in [1.165, 1.54) is 37.7 Å². The number of rotatable bonds is 7. The van der Waals surface area contributed by atoms with Gasteiger partial charge in [0.1, 0.15) is 5.75 Å². The van der Waals surface area contributed by atoms with Crippen LogP contribution < -0.4 is 15.4 Å². The number of hydrogen-bond acceptors (Lipinski definition) is 4. The fourth-order valence-corrected chi connectivity index (χ4v) is 4.42. The maximum Gasteiger partial charge on any atom is 0.191 e. The van der Waals surface area contributed by atoms with Crippen molar-refractivity contribution in [3.63, 3.8) is 0 Å². The number of halogens is 1. The van der Waals surface area contributed by atoms with E-state index >= 15 is 0 Å². The molecule has 0 spiro atoms. The van der Waals surface area contributed by atoms with Gasteiger partial charge < -0.3 is 20.1 Å². The lowest BCUT2D eigenvalue weighted by Gasteiger charge is -2.48. The molecule has 29 heavy (non-hydrogen) atoms. The van der Waals surface area contributed by atoms with Crippen LogP contribution in [0.4, 0.5) is 0 Å². The number of nitrogens with one attached hydrogen (secondary N) is 2. The van der Waals surface area contributed by atoms with E-state index in [9.17, 15) is 0 Å². The summed E-state index contributed by atoms with van der Waals surface area (Å²) in [6.45, 7) is 8.14. The minimum atomic E-state index is 0. The molecule has 1 heterocycles. The van der Waals surface area contributed by atoms with Gasteiger partial charge in [0, 0.05) is 38.8 Å². The highest BCUT2D eigenvalue weighted by molar-refractivity contribution is 14.0. The topological polar surface area (TPSA) is 58.1 Å². The third kappa shape index (κ3) is 7.00. The molecule has 1 aromatic carbocycles. The minimum absolute atomic E-state index is 0. The number of aliphatic imine (C=N–C) groups is 1. The standard InChI is InChI=1S/C22H36N4O2.HI/c1-3-28-20-9-7-8-19(16-20)17-24-21(23-2)25-18-22(10-5-4-6-11-22)26-12-14-27-15-13-26;/h7-9,16H,3-6,10-15,17-18H2,1-2H3,(H2,23,24,25);1H. The smallest absolute Gasteiger partial charge is 0.191 e. The molecule has 0 unspecified atom stereocenters. The lowest BCUT2D eigenvalue weighted by molar-refractivity contribution is -0.0352. The average Bonchev–Trinajstić information content (AvgIpc) is 2.76. The van der Waals surface area contributed by atoms with Crippen molar-refractivity contribution in [1.82, 2.24) is 15.5 Å². The average molecular weight is 516 g/mol. The second-order valence-corrected chi connectivity index (χ2v) is 7.74. The summed E-state index contributed by atoms with van der Waals surface area (Å²) in [4.78, 5) is 7.10. The third-order valence-electron chi connectivity index (χ3n) is 5.94. The van der Waals surface area contributed by atoms with Crippen LogP contribution in [0, 0.1) is 0 Å². The lowest BCUT2D eigenvalue weighted by Crippen LogP contribution is -2.60. The molecule has 7 heteroatoms. The third-order valence-corrected chi connectivity index (χ3v) is 5.94. The van der Waals surface area contributed by atoms with E-state index in [2.05, 4.69) is 32.7 Å². The second-order valence-electron chi connectivity index (χ2n) is 7.74. The Labute approximate surface area is 192 Å². The molecule has 2 aliphatic rings. The van der Waals surface area contributed by atoms with Gasteiger partial charge in [0.2, 0.25) is 0 Å². The van der Waals surface area contributed by atoms with Gasteiger partial charge in [0.15, 0.2) is 5.96 Å². The van der Waals surface area contributed by atoms with Gasteiger partial charge in [0.05, 0.1) is 19.8 Å². The summed E-state index contributed by atoms with van der Waals surface area (Å²) in [7, 11) is 1.84. The Morgan fingerprint density at radius 3 is 2.62 bits per heavy atom. The quantitative estimate of drug-likeness (QED) is 0.331. The molecule has 1 aliphatic carbocycles. The predicted octanol–water partition coefficient (Wildman–Crippen LogP) is 3.40. The number of ether oxygens (including phenoxy) is 2. The maximum atomic E-state index is 5.60. The van der Waals surface area contributed by atoms with Gasteiger partial charge in [-0.2, -0.15) is 0 Å². The van der Waals surface area contributed by atoms with Gasteiger partial charge >= 0.3 is 0 Å². The molecule has 2 N–H and O–H groups in total. The first-order chi connectivity index (χ1) is 13.8. The molecule has 0 bridgehead atoms. The molecule has 1 saturated heterocycles. The first kappa shape index (κ1) is 24.2. The molecule has 0 atom stereocenters. The molecule has 2 fully saturated rings. The number of hydrogen-bond donors (Lipinski definition) is 2. The largest absolute Gasteiger partial charge is 0.494 e. The van der Waals surface area contributed by atoms with E-state index in [1.807, 2.05) is 26.1 Å². The maximum absolute atomic E-state index is 5.60. The fourth-order valence-electron chi connectivity index (χ4n) is 4.42. The highest BCUT2D eigenvalue weighted by Crippen LogP contribution is 2.33. The number of benzene rings is 1. The van der Waals surface area contributed by atoms with Crippen LogP contribution in [0.1, 0.15) is 44.6 Å².